The predicted octanol–water partition coefficient (Wildman–Crippen LogP) is 0.683. The molecule has 2 atom stereocenters. The summed E-state index contributed by atoms with van der Waals surface area (Å²) in [4.78, 5) is 12.3. The van der Waals surface area contributed by atoms with Crippen molar-refractivity contribution in [1.82, 2.24) is 5.32 Å². The minimum absolute atomic E-state index is 0.00537. The lowest BCUT2D eigenvalue weighted by Gasteiger charge is -2.25. The number of para-hydroxylation sites is 1. The fraction of sp³-hybridized carbons (Fsp3) is 0.500. The van der Waals surface area contributed by atoms with Crippen LogP contribution in [0.4, 0.5) is 0 Å². The lowest BCUT2D eigenvalue weighted by Crippen LogP contribution is -2.51. The third-order valence-electron chi connectivity index (χ3n) is 3.87. The van der Waals surface area contributed by atoms with E-state index in [9.17, 15) is 13.2 Å². The zero-order valence-corrected chi connectivity index (χ0v) is 12.1. The molecule has 1 aromatic carbocycles. The van der Waals surface area contributed by atoms with Crippen LogP contribution in [0.2, 0.25) is 0 Å². The summed E-state index contributed by atoms with van der Waals surface area (Å²) in [5, 5.41) is 2.84. The molecule has 6 heteroatoms. The first kappa shape index (κ1) is 13.4. The van der Waals surface area contributed by atoms with Crippen LogP contribution in [-0.2, 0) is 21.1 Å². The second-order valence-electron chi connectivity index (χ2n) is 5.81. The Morgan fingerprint density at radius 1 is 1.40 bits per heavy atom. The van der Waals surface area contributed by atoms with E-state index in [1.807, 2.05) is 24.3 Å². The summed E-state index contributed by atoms with van der Waals surface area (Å²) >= 11 is 0. The highest BCUT2D eigenvalue weighted by molar-refractivity contribution is 7.91. The molecule has 0 bridgehead atoms. The van der Waals surface area contributed by atoms with Gasteiger partial charge in [0.25, 0.3) is 5.91 Å². The Balaban J connectivity index is 1.67. The minimum atomic E-state index is -3.03. The number of ether oxygens (including phenoxy) is 1. The van der Waals surface area contributed by atoms with Crippen molar-refractivity contribution in [3.05, 3.63) is 29.8 Å². The van der Waals surface area contributed by atoms with Crippen LogP contribution < -0.4 is 10.1 Å². The molecule has 2 unspecified atom stereocenters. The van der Waals surface area contributed by atoms with Gasteiger partial charge in [0.05, 0.1) is 17.0 Å². The summed E-state index contributed by atoms with van der Waals surface area (Å²) in [6.07, 6.45) is 0.429. The standard InChI is InChI=1S/C14H17NO4S/c1-14(6-7-20(17,18)9-14)15-13(16)12-8-10-4-2-3-5-11(10)19-12/h2-5,12H,6-9H2,1H3,(H,15,16). The molecule has 0 radical (unpaired) electrons. The molecular weight excluding hydrogens is 278 g/mol. The van der Waals surface area contributed by atoms with Gasteiger partial charge in [0.2, 0.25) is 0 Å². The molecule has 2 aliphatic heterocycles. The van der Waals surface area contributed by atoms with E-state index < -0.39 is 21.5 Å². The summed E-state index contributed by atoms with van der Waals surface area (Å²) in [6.45, 7) is 1.78. The summed E-state index contributed by atoms with van der Waals surface area (Å²) < 4.78 is 28.7. The van der Waals surface area contributed by atoms with Gasteiger partial charge in [-0.25, -0.2) is 8.42 Å². The zero-order chi connectivity index (χ0) is 14.4. The Hall–Kier alpha value is -1.56. The van der Waals surface area contributed by atoms with Crippen LogP contribution in [0.25, 0.3) is 0 Å². The molecule has 2 aliphatic rings. The molecule has 0 aromatic heterocycles. The van der Waals surface area contributed by atoms with E-state index in [4.69, 9.17) is 4.74 Å². The van der Waals surface area contributed by atoms with E-state index in [1.165, 1.54) is 0 Å². The molecule has 3 rings (SSSR count). The van der Waals surface area contributed by atoms with Gasteiger partial charge >= 0.3 is 0 Å². The van der Waals surface area contributed by atoms with Crippen molar-refractivity contribution < 1.29 is 17.9 Å². The summed E-state index contributed by atoms with van der Waals surface area (Å²) in [5.74, 6) is 0.638. The van der Waals surface area contributed by atoms with E-state index in [2.05, 4.69) is 5.32 Å². The first-order valence-corrected chi connectivity index (χ1v) is 8.46. The summed E-state index contributed by atoms with van der Waals surface area (Å²) in [5.41, 5.74) is 0.338. The number of amides is 1. The highest BCUT2D eigenvalue weighted by atomic mass is 32.2. The predicted molar refractivity (Wildman–Crippen MR) is 74.4 cm³/mol. The number of carbonyl (C=O) groups excluding carboxylic acids is 1. The molecule has 0 aliphatic carbocycles. The Morgan fingerprint density at radius 2 is 2.15 bits per heavy atom. The van der Waals surface area contributed by atoms with Crippen molar-refractivity contribution in [1.29, 1.82) is 0 Å². The number of nitrogens with one attached hydrogen (secondary N) is 1. The topological polar surface area (TPSA) is 72.5 Å². The van der Waals surface area contributed by atoms with Crippen LogP contribution in [0.15, 0.2) is 24.3 Å². The van der Waals surface area contributed by atoms with Crippen LogP contribution in [0, 0.1) is 0 Å². The highest BCUT2D eigenvalue weighted by Gasteiger charge is 2.41. The fourth-order valence-electron chi connectivity index (χ4n) is 2.82. The maximum absolute atomic E-state index is 12.3. The molecular formula is C14H17NO4S. The largest absolute Gasteiger partial charge is 0.480 e. The van der Waals surface area contributed by atoms with Crippen LogP contribution in [0.5, 0.6) is 5.75 Å². The summed E-state index contributed by atoms with van der Waals surface area (Å²) in [7, 11) is -3.03. The first-order chi connectivity index (χ1) is 9.37. The lowest BCUT2D eigenvalue weighted by atomic mass is 10.0. The molecule has 108 valence electrons. The molecule has 1 fully saturated rings. The van der Waals surface area contributed by atoms with Gasteiger partial charge in [0.15, 0.2) is 15.9 Å². The maximum Gasteiger partial charge on any atom is 0.261 e. The van der Waals surface area contributed by atoms with Crippen LogP contribution >= 0.6 is 0 Å². The average molecular weight is 295 g/mol. The molecule has 2 heterocycles. The third kappa shape index (κ3) is 2.52. The van der Waals surface area contributed by atoms with Crippen molar-refractivity contribution in [3.8, 4) is 5.75 Å². The Bertz CT molecular complexity index is 630. The maximum atomic E-state index is 12.3. The fourth-order valence-corrected chi connectivity index (χ4v) is 4.91. The molecule has 1 amide bonds. The molecule has 1 aromatic rings. The van der Waals surface area contributed by atoms with Crippen molar-refractivity contribution >= 4 is 15.7 Å². The smallest absolute Gasteiger partial charge is 0.261 e. The van der Waals surface area contributed by atoms with Gasteiger partial charge in [-0.1, -0.05) is 18.2 Å². The summed E-state index contributed by atoms with van der Waals surface area (Å²) in [6, 6.07) is 7.55. The van der Waals surface area contributed by atoms with Crippen molar-refractivity contribution in [2.45, 2.75) is 31.4 Å². The molecule has 0 spiro atoms. The van der Waals surface area contributed by atoms with Gasteiger partial charge in [-0.15, -0.1) is 0 Å². The van der Waals surface area contributed by atoms with E-state index in [1.54, 1.807) is 6.92 Å². The number of fused-ring (bicyclic) bond motifs is 1. The van der Waals surface area contributed by atoms with E-state index in [0.717, 1.165) is 11.3 Å². The SMILES string of the molecule is CC1(NC(=O)C2Cc3ccccc3O2)CCS(=O)(=O)C1. The van der Waals surface area contributed by atoms with Crippen molar-refractivity contribution in [2.75, 3.05) is 11.5 Å². The van der Waals surface area contributed by atoms with Crippen LogP contribution in [0.3, 0.4) is 0 Å². The average Bonchev–Trinajstić information content (AvgIpc) is 2.90. The molecule has 1 saturated heterocycles. The molecule has 0 saturated carbocycles. The van der Waals surface area contributed by atoms with E-state index >= 15 is 0 Å². The van der Waals surface area contributed by atoms with Gasteiger partial charge < -0.3 is 10.1 Å². The monoisotopic (exact) mass is 295 g/mol. The van der Waals surface area contributed by atoms with Gasteiger partial charge in [-0.05, 0) is 25.0 Å². The molecule has 1 N–H and O–H groups in total. The van der Waals surface area contributed by atoms with Crippen molar-refractivity contribution in [3.63, 3.8) is 0 Å². The van der Waals surface area contributed by atoms with Crippen LogP contribution in [0.1, 0.15) is 18.9 Å². The third-order valence-corrected chi connectivity index (χ3v) is 5.77. The second kappa shape index (κ2) is 4.48. The van der Waals surface area contributed by atoms with Crippen LogP contribution in [-0.4, -0.2) is 37.5 Å². The number of sulfone groups is 1. The Kier molecular flexibility index (Phi) is 3.01. The minimum Gasteiger partial charge on any atom is -0.480 e. The van der Waals surface area contributed by atoms with Gasteiger partial charge in [0, 0.05) is 6.42 Å². The molecule has 20 heavy (non-hydrogen) atoms. The number of hydrogen-bond donors (Lipinski definition) is 1. The lowest BCUT2D eigenvalue weighted by molar-refractivity contribution is -0.128. The number of rotatable bonds is 2. The molecule has 5 nitrogen and oxygen atoms in total. The normalized spacial score (nSPS) is 30.6. The van der Waals surface area contributed by atoms with Gasteiger partial charge in [0.1, 0.15) is 5.75 Å². The van der Waals surface area contributed by atoms with E-state index in [-0.39, 0.29) is 17.4 Å². The second-order valence-corrected chi connectivity index (χ2v) is 7.99. The zero-order valence-electron chi connectivity index (χ0n) is 11.3. The number of carbonyl (C=O) groups is 1. The first-order valence-electron chi connectivity index (χ1n) is 6.64. The number of benzene rings is 1. The van der Waals surface area contributed by atoms with Gasteiger partial charge in [-0.3, -0.25) is 4.79 Å². The van der Waals surface area contributed by atoms with E-state index in [0.29, 0.717) is 12.8 Å². The van der Waals surface area contributed by atoms with Gasteiger partial charge in [-0.2, -0.15) is 0 Å². The van der Waals surface area contributed by atoms with Crippen molar-refractivity contribution in [2.24, 2.45) is 0 Å². The Labute approximate surface area is 118 Å². The quantitative estimate of drug-likeness (QED) is 0.871. The Morgan fingerprint density at radius 3 is 2.80 bits per heavy atom. The number of hydrogen-bond acceptors (Lipinski definition) is 4. The highest BCUT2D eigenvalue weighted by Crippen LogP contribution is 2.29.